The molecule has 1 amide bonds. The summed E-state index contributed by atoms with van der Waals surface area (Å²) in [6.45, 7) is 2.57. The van der Waals surface area contributed by atoms with E-state index < -0.39 is 9.84 Å². The molecule has 2 atom stereocenters. The first kappa shape index (κ1) is 17.2. The van der Waals surface area contributed by atoms with E-state index in [4.69, 9.17) is 11.6 Å². The molecule has 0 bridgehead atoms. The van der Waals surface area contributed by atoms with E-state index in [0.29, 0.717) is 18.0 Å². The summed E-state index contributed by atoms with van der Waals surface area (Å²) >= 11 is 5.94. The van der Waals surface area contributed by atoms with Crippen molar-refractivity contribution in [2.24, 2.45) is 5.92 Å². The second-order valence-electron chi connectivity index (χ2n) is 5.73. The van der Waals surface area contributed by atoms with E-state index in [2.05, 4.69) is 10.6 Å². The molecule has 0 spiro atoms. The molecule has 122 valence electrons. The van der Waals surface area contributed by atoms with E-state index in [1.165, 1.54) is 0 Å². The van der Waals surface area contributed by atoms with Crippen LogP contribution in [-0.4, -0.2) is 38.9 Å². The SMILES string of the molecule is C[C@@H](NCC(=O)NC[C@H]1CCS(=O)(=O)C1)c1cccc(Cl)c1. The zero-order chi connectivity index (χ0) is 16.2. The third-order valence-corrected chi connectivity index (χ3v) is 5.90. The van der Waals surface area contributed by atoms with Crippen molar-refractivity contribution in [3.63, 3.8) is 0 Å². The zero-order valence-electron chi connectivity index (χ0n) is 12.5. The molecule has 22 heavy (non-hydrogen) atoms. The highest BCUT2D eigenvalue weighted by molar-refractivity contribution is 7.91. The Hall–Kier alpha value is -1.11. The van der Waals surface area contributed by atoms with E-state index in [0.717, 1.165) is 5.56 Å². The first-order valence-electron chi connectivity index (χ1n) is 7.32. The van der Waals surface area contributed by atoms with E-state index >= 15 is 0 Å². The van der Waals surface area contributed by atoms with Gasteiger partial charge in [0.1, 0.15) is 0 Å². The Balaban J connectivity index is 1.71. The number of amides is 1. The molecule has 0 radical (unpaired) electrons. The summed E-state index contributed by atoms with van der Waals surface area (Å²) < 4.78 is 22.7. The van der Waals surface area contributed by atoms with Crippen molar-refractivity contribution in [1.29, 1.82) is 0 Å². The molecular weight excluding hydrogens is 324 g/mol. The van der Waals surface area contributed by atoms with Crippen LogP contribution in [0.1, 0.15) is 24.9 Å². The lowest BCUT2D eigenvalue weighted by Crippen LogP contribution is -2.37. The Bertz CT molecular complexity index is 633. The Morgan fingerprint density at radius 2 is 2.23 bits per heavy atom. The zero-order valence-corrected chi connectivity index (χ0v) is 14.1. The predicted molar refractivity (Wildman–Crippen MR) is 87.6 cm³/mol. The maximum atomic E-state index is 11.8. The van der Waals surface area contributed by atoms with Crippen LogP contribution in [0.3, 0.4) is 0 Å². The van der Waals surface area contributed by atoms with Gasteiger partial charge in [0.15, 0.2) is 9.84 Å². The average Bonchev–Trinajstić information content (AvgIpc) is 2.82. The summed E-state index contributed by atoms with van der Waals surface area (Å²) in [6.07, 6.45) is 0.634. The van der Waals surface area contributed by atoms with Crippen molar-refractivity contribution >= 4 is 27.3 Å². The quantitative estimate of drug-likeness (QED) is 0.821. The summed E-state index contributed by atoms with van der Waals surface area (Å²) in [7, 11) is -2.89. The normalized spacial score (nSPS) is 21.5. The van der Waals surface area contributed by atoms with Gasteiger partial charge in [-0.25, -0.2) is 8.42 Å². The fraction of sp³-hybridized carbons (Fsp3) is 0.533. The highest BCUT2D eigenvalue weighted by atomic mass is 35.5. The fourth-order valence-electron chi connectivity index (χ4n) is 2.49. The van der Waals surface area contributed by atoms with Gasteiger partial charge < -0.3 is 10.6 Å². The van der Waals surface area contributed by atoms with Gasteiger partial charge in [-0.2, -0.15) is 0 Å². The molecule has 1 fully saturated rings. The summed E-state index contributed by atoms with van der Waals surface area (Å²) in [6, 6.07) is 7.50. The molecule has 1 aromatic rings. The van der Waals surface area contributed by atoms with Crippen molar-refractivity contribution in [2.45, 2.75) is 19.4 Å². The van der Waals surface area contributed by atoms with E-state index in [-0.39, 0.29) is 35.9 Å². The maximum absolute atomic E-state index is 11.8. The predicted octanol–water partition coefficient (Wildman–Crippen LogP) is 1.54. The molecule has 0 saturated carbocycles. The van der Waals surface area contributed by atoms with Gasteiger partial charge in [-0.15, -0.1) is 0 Å². The van der Waals surface area contributed by atoms with Crippen molar-refractivity contribution in [1.82, 2.24) is 10.6 Å². The third-order valence-electron chi connectivity index (χ3n) is 3.83. The minimum atomic E-state index is -2.89. The highest BCUT2D eigenvalue weighted by Crippen LogP contribution is 2.18. The number of hydrogen-bond donors (Lipinski definition) is 2. The van der Waals surface area contributed by atoms with Gasteiger partial charge in [-0.3, -0.25) is 4.79 Å². The molecule has 1 aliphatic heterocycles. The van der Waals surface area contributed by atoms with Crippen LogP contribution in [0.15, 0.2) is 24.3 Å². The monoisotopic (exact) mass is 344 g/mol. The largest absolute Gasteiger partial charge is 0.355 e. The van der Waals surface area contributed by atoms with Crippen LogP contribution in [0.2, 0.25) is 5.02 Å². The molecular formula is C15H21ClN2O3S. The minimum absolute atomic E-state index is 0.0105. The van der Waals surface area contributed by atoms with Gasteiger partial charge in [0.2, 0.25) is 5.91 Å². The van der Waals surface area contributed by atoms with Crippen LogP contribution in [0.4, 0.5) is 0 Å². The average molecular weight is 345 g/mol. The van der Waals surface area contributed by atoms with Crippen molar-refractivity contribution < 1.29 is 13.2 Å². The van der Waals surface area contributed by atoms with E-state index in [1.807, 2.05) is 25.1 Å². The van der Waals surface area contributed by atoms with E-state index in [9.17, 15) is 13.2 Å². The molecule has 7 heteroatoms. The lowest BCUT2D eigenvalue weighted by Gasteiger charge is -2.15. The molecule has 0 aromatic heterocycles. The van der Waals surface area contributed by atoms with Gasteiger partial charge in [0.25, 0.3) is 0 Å². The lowest BCUT2D eigenvalue weighted by molar-refractivity contribution is -0.120. The van der Waals surface area contributed by atoms with Crippen LogP contribution in [0, 0.1) is 5.92 Å². The third kappa shape index (κ3) is 5.26. The Kier molecular flexibility index (Phi) is 5.83. The van der Waals surface area contributed by atoms with Crippen LogP contribution in [0.5, 0.6) is 0 Å². The Morgan fingerprint density at radius 1 is 1.45 bits per heavy atom. The molecule has 5 nitrogen and oxygen atoms in total. The second-order valence-corrected chi connectivity index (χ2v) is 8.40. The summed E-state index contributed by atoms with van der Waals surface area (Å²) in [5.41, 5.74) is 1.02. The highest BCUT2D eigenvalue weighted by Gasteiger charge is 2.27. The van der Waals surface area contributed by atoms with Gasteiger partial charge in [0, 0.05) is 17.6 Å². The molecule has 1 heterocycles. The summed E-state index contributed by atoms with van der Waals surface area (Å²) in [4.78, 5) is 11.8. The molecule has 1 aromatic carbocycles. The maximum Gasteiger partial charge on any atom is 0.233 e. The standard InChI is InChI=1S/C15H21ClN2O3S/c1-11(13-3-2-4-14(16)7-13)17-9-15(19)18-8-12-5-6-22(20,21)10-12/h2-4,7,11-12,17H,5-6,8-10H2,1H3,(H,18,19)/t11-,12-/m1/s1. The smallest absolute Gasteiger partial charge is 0.233 e. The number of sulfone groups is 1. The van der Waals surface area contributed by atoms with Gasteiger partial charge in [-0.1, -0.05) is 23.7 Å². The van der Waals surface area contributed by atoms with Gasteiger partial charge in [0.05, 0.1) is 18.1 Å². The summed E-state index contributed by atoms with van der Waals surface area (Å²) in [5, 5.41) is 6.58. The molecule has 2 N–H and O–H groups in total. The molecule has 1 aliphatic rings. The first-order chi connectivity index (χ1) is 10.4. The van der Waals surface area contributed by atoms with Gasteiger partial charge in [-0.05, 0) is 37.0 Å². The number of carbonyl (C=O) groups is 1. The van der Waals surface area contributed by atoms with Crippen LogP contribution < -0.4 is 10.6 Å². The van der Waals surface area contributed by atoms with Crippen molar-refractivity contribution in [3.8, 4) is 0 Å². The van der Waals surface area contributed by atoms with Crippen molar-refractivity contribution in [2.75, 3.05) is 24.6 Å². The summed E-state index contributed by atoms with van der Waals surface area (Å²) in [5.74, 6) is 0.328. The molecule has 2 rings (SSSR count). The number of rotatable bonds is 6. The van der Waals surface area contributed by atoms with Crippen LogP contribution in [-0.2, 0) is 14.6 Å². The fourth-order valence-corrected chi connectivity index (χ4v) is 4.55. The molecule has 1 saturated heterocycles. The van der Waals surface area contributed by atoms with Crippen molar-refractivity contribution in [3.05, 3.63) is 34.9 Å². The van der Waals surface area contributed by atoms with Gasteiger partial charge >= 0.3 is 0 Å². The molecule has 0 unspecified atom stereocenters. The number of hydrogen-bond acceptors (Lipinski definition) is 4. The lowest BCUT2D eigenvalue weighted by atomic mass is 10.1. The number of benzene rings is 1. The van der Waals surface area contributed by atoms with Crippen LogP contribution in [0.25, 0.3) is 0 Å². The Labute approximate surface area is 136 Å². The number of carbonyl (C=O) groups excluding carboxylic acids is 1. The van der Waals surface area contributed by atoms with E-state index in [1.54, 1.807) is 6.07 Å². The molecule has 0 aliphatic carbocycles. The second kappa shape index (κ2) is 7.44. The topological polar surface area (TPSA) is 75.3 Å². The Morgan fingerprint density at radius 3 is 2.86 bits per heavy atom. The first-order valence-corrected chi connectivity index (χ1v) is 9.51. The number of nitrogens with one attached hydrogen (secondary N) is 2. The number of halogens is 1. The van der Waals surface area contributed by atoms with Crippen LogP contribution >= 0.6 is 11.6 Å². The minimum Gasteiger partial charge on any atom is -0.355 e.